The van der Waals surface area contributed by atoms with Crippen LogP contribution in [-0.4, -0.2) is 0 Å². The summed E-state index contributed by atoms with van der Waals surface area (Å²) in [7, 11) is 0. The normalized spacial score (nSPS) is 11.5. The fourth-order valence-corrected chi connectivity index (χ4v) is 6.62. The van der Waals surface area contributed by atoms with Crippen LogP contribution < -0.4 is 0 Å². The number of rotatable bonds is 3. The lowest BCUT2D eigenvalue weighted by Crippen LogP contribution is -1.93. The van der Waals surface area contributed by atoms with Gasteiger partial charge in [0.05, 0.1) is 0 Å². The maximum absolute atomic E-state index is 2.30. The van der Waals surface area contributed by atoms with E-state index in [1.54, 1.807) is 0 Å². The average molecular weight is 521 g/mol. The predicted octanol–water partition coefficient (Wildman–Crippen LogP) is 11.6. The topological polar surface area (TPSA) is 0 Å². The average Bonchev–Trinajstić information content (AvgIpc) is 3.04. The van der Waals surface area contributed by atoms with Crippen molar-refractivity contribution in [2.75, 3.05) is 0 Å². The molecule has 0 amide bonds. The Morgan fingerprint density at radius 2 is 0.756 bits per heavy atom. The van der Waals surface area contributed by atoms with Gasteiger partial charge in [0.2, 0.25) is 0 Å². The third-order valence-electron chi connectivity index (χ3n) is 8.58. The Balaban J connectivity index is 1.38. The highest BCUT2D eigenvalue weighted by Gasteiger charge is 2.19. The molecule has 8 aromatic rings. The Bertz CT molecular complexity index is 2190. The van der Waals surface area contributed by atoms with E-state index < -0.39 is 0 Å². The third kappa shape index (κ3) is 3.84. The zero-order valence-corrected chi connectivity index (χ0v) is 22.9. The Hall–Kier alpha value is -5.20. The highest BCUT2D eigenvalue weighted by Crippen LogP contribution is 2.46. The molecule has 0 aliphatic heterocycles. The molecule has 41 heavy (non-hydrogen) atoms. The Labute approximate surface area is 240 Å². The fraction of sp³-hybridized carbons (Fsp3) is 0.0244. The smallest absolute Gasteiger partial charge is 0.00175 e. The van der Waals surface area contributed by atoms with Crippen molar-refractivity contribution >= 4 is 43.1 Å². The molecule has 0 atom stereocenters. The van der Waals surface area contributed by atoms with Crippen LogP contribution in [0.1, 0.15) is 5.56 Å². The van der Waals surface area contributed by atoms with Crippen LogP contribution in [0.15, 0.2) is 152 Å². The summed E-state index contributed by atoms with van der Waals surface area (Å²) in [5.74, 6) is 0. The Morgan fingerprint density at radius 3 is 1.41 bits per heavy atom. The summed E-state index contributed by atoms with van der Waals surface area (Å²) in [5.41, 5.74) is 8.95. The molecule has 0 unspecified atom stereocenters. The van der Waals surface area contributed by atoms with Crippen molar-refractivity contribution in [3.8, 4) is 33.4 Å². The van der Waals surface area contributed by atoms with Crippen molar-refractivity contribution in [3.05, 3.63) is 157 Å². The van der Waals surface area contributed by atoms with Crippen molar-refractivity contribution in [1.82, 2.24) is 0 Å². The maximum atomic E-state index is 2.30. The van der Waals surface area contributed by atoms with E-state index in [0.29, 0.717) is 0 Å². The van der Waals surface area contributed by atoms with Crippen LogP contribution in [0, 0.1) is 6.92 Å². The predicted molar refractivity (Wildman–Crippen MR) is 178 cm³/mol. The second kappa shape index (κ2) is 9.47. The molecule has 0 bridgehead atoms. The molecular formula is C41H28. The van der Waals surface area contributed by atoms with Crippen LogP contribution in [0.2, 0.25) is 0 Å². The highest BCUT2D eigenvalue weighted by atomic mass is 14.2. The summed E-state index contributed by atoms with van der Waals surface area (Å²) in [6.45, 7) is 2.24. The van der Waals surface area contributed by atoms with Crippen LogP contribution in [0.4, 0.5) is 0 Å². The molecule has 0 aromatic heterocycles. The van der Waals surface area contributed by atoms with Gasteiger partial charge in [-0.15, -0.1) is 0 Å². The van der Waals surface area contributed by atoms with Gasteiger partial charge in [-0.2, -0.15) is 0 Å². The van der Waals surface area contributed by atoms with Gasteiger partial charge in [0.15, 0.2) is 0 Å². The van der Waals surface area contributed by atoms with Gasteiger partial charge >= 0.3 is 0 Å². The quantitative estimate of drug-likeness (QED) is 0.203. The van der Waals surface area contributed by atoms with Crippen LogP contribution in [0.3, 0.4) is 0 Å². The molecule has 0 spiro atoms. The van der Waals surface area contributed by atoms with Gasteiger partial charge in [0.25, 0.3) is 0 Å². The van der Waals surface area contributed by atoms with E-state index in [2.05, 4.69) is 159 Å². The molecule has 8 aromatic carbocycles. The summed E-state index contributed by atoms with van der Waals surface area (Å²) in [5, 5.41) is 10.3. The van der Waals surface area contributed by atoms with E-state index in [0.717, 1.165) is 0 Å². The Morgan fingerprint density at radius 1 is 0.293 bits per heavy atom. The molecule has 0 fully saturated rings. The molecule has 0 aliphatic carbocycles. The van der Waals surface area contributed by atoms with Crippen LogP contribution >= 0.6 is 0 Å². The molecule has 0 saturated heterocycles. The standard InChI is InChI=1S/C41H28/c1-27-18-19-30-11-4-5-13-34(30)39(27)41-37-16-8-6-14-35(37)40(36-15-7-9-17-38(36)41)31-23-20-29(21-24-31)33-25-22-28-10-2-3-12-32(28)26-33/h2-26H,1H3. The van der Waals surface area contributed by atoms with Crippen molar-refractivity contribution < 1.29 is 0 Å². The summed E-state index contributed by atoms with van der Waals surface area (Å²) >= 11 is 0. The minimum absolute atomic E-state index is 1.23. The van der Waals surface area contributed by atoms with Crippen LogP contribution in [-0.2, 0) is 0 Å². The first-order chi connectivity index (χ1) is 20.3. The lowest BCUT2D eigenvalue weighted by atomic mass is 9.83. The molecule has 0 radical (unpaired) electrons. The number of hydrogen-bond donors (Lipinski definition) is 0. The zero-order chi connectivity index (χ0) is 27.3. The zero-order valence-electron chi connectivity index (χ0n) is 22.9. The minimum atomic E-state index is 1.23. The van der Waals surface area contributed by atoms with Gasteiger partial charge in [-0.3, -0.25) is 0 Å². The molecule has 0 nitrogen and oxygen atoms in total. The van der Waals surface area contributed by atoms with E-state index in [9.17, 15) is 0 Å². The number of benzene rings is 8. The van der Waals surface area contributed by atoms with E-state index >= 15 is 0 Å². The molecule has 0 aliphatic rings. The van der Waals surface area contributed by atoms with Gasteiger partial charge < -0.3 is 0 Å². The molecular weight excluding hydrogens is 492 g/mol. The second-order valence-corrected chi connectivity index (χ2v) is 11.0. The number of hydrogen-bond acceptors (Lipinski definition) is 0. The van der Waals surface area contributed by atoms with Gasteiger partial charge in [0, 0.05) is 0 Å². The monoisotopic (exact) mass is 520 g/mol. The number of aryl methyl sites for hydroxylation is 1. The molecule has 0 N–H and O–H groups in total. The molecule has 8 rings (SSSR count). The van der Waals surface area contributed by atoms with Crippen molar-refractivity contribution in [2.45, 2.75) is 6.92 Å². The lowest BCUT2D eigenvalue weighted by molar-refractivity contribution is 1.50. The van der Waals surface area contributed by atoms with E-state index in [1.807, 2.05) is 0 Å². The molecule has 192 valence electrons. The first-order valence-electron chi connectivity index (χ1n) is 14.3. The van der Waals surface area contributed by atoms with Crippen molar-refractivity contribution in [3.63, 3.8) is 0 Å². The Kier molecular flexibility index (Phi) is 5.47. The first-order valence-corrected chi connectivity index (χ1v) is 14.3. The number of fused-ring (bicyclic) bond motifs is 4. The molecule has 0 saturated carbocycles. The van der Waals surface area contributed by atoms with Crippen LogP contribution in [0.25, 0.3) is 76.5 Å². The van der Waals surface area contributed by atoms with Gasteiger partial charge in [0.1, 0.15) is 0 Å². The molecule has 0 heteroatoms. The summed E-state index contributed by atoms with van der Waals surface area (Å²) < 4.78 is 0. The van der Waals surface area contributed by atoms with E-state index in [-0.39, 0.29) is 0 Å². The van der Waals surface area contributed by atoms with Gasteiger partial charge in [-0.1, -0.05) is 146 Å². The SMILES string of the molecule is Cc1ccc2ccccc2c1-c1c2ccccc2c(-c2ccc(-c3ccc4ccccc4c3)cc2)c2ccccc12. The molecule has 0 heterocycles. The van der Waals surface area contributed by atoms with E-state index in [4.69, 9.17) is 0 Å². The first kappa shape index (κ1) is 23.7. The van der Waals surface area contributed by atoms with Crippen LogP contribution in [0.5, 0.6) is 0 Å². The van der Waals surface area contributed by atoms with Gasteiger partial charge in [-0.25, -0.2) is 0 Å². The van der Waals surface area contributed by atoms with Crippen molar-refractivity contribution in [1.29, 1.82) is 0 Å². The third-order valence-corrected chi connectivity index (χ3v) is 8.58. The second-order valence-electron chi connectivity index (χ2n) is 11.0. The van der Waals surface area contributed by atoms with E-state index in [1.165, 1.54) is 82.0 Å². The fourth-order valence-electron chi connectivity index (χ4n) is 6.62. The summed E-state index contributed by atoms with van der Waals surface area (Å²) in [4.78, 5) is 0. The minimum Gasteiger partial charge on any atom is -0.0616 e. The maximum Gasteiger partial charge on any atom is -0.00175 e. The lowest BCUT2D eigenvalue weighted by Gasteiger charge is -2.20. The van der Waals surface area contributed by atoms with Gasteiger partial charge in [-0.05, 0) is 95.0 Å². The largest absolute Gasteiger partial charge is 0.0616 e. The van der Waals surface area contributed by atoms with Crippen molar-refractivity contribution in [2.24, 2.45) is 0 Å². The highest BCUT2D eigenvalue weighted by molar-refractivity contribution is 6.23. The summed E-state index contributed by atoms with van der Waals surface area (Å²) in [6.07, 6.45) is 0. The summed E-state index contributed by atoms with van der Waals surface area (Å²) in [6, 6.07) is 55.5.